The first-order chi connectivity index (χ1) is 16.4. The molecule has 182 valence electrons. The smallest absolute Gasteiger partial charge is 0.323 e. The van der Waals surface area contributed by atoms with Crippen molar-refractivity contribution in [3.8, 4) is 0 Å². The third-order valence-corrected chi connectivity index (χ3v) is 6.06. The number of esters is 1. The predicted octanol–water partition coefficient (Wildman–Crippen LogP) is 3.14. The number of rotatable bonds is 10. The summed E-state index contributed by atoms with van der Waals surface area (Å²) >= 11 is 0. The van der Waals surface area contributed by atoms with Gasteiger partial charge in [-0.1, -0.05) is 42.5 Å². The average molecular weight is 471 g/mol. The van der Waals surface area contributed by atoms with Crippen molar-refractivity contribution in [1.29, 1.82) is 0 Å². The second-order valence-electron chi connectivity index (χ2n) is 8.49. The summed E-state index contributed by atoms with van der Waals surface area (Å²) in [6.07, 6.45) is 2.06. The molecule has 2 N–H and O–H groups in total. The molecule has 1 heterocycles. The number of nitrogens with one attached hydrogen (secondary N) is 1. The highest BCUT2D eigenvalue weighted by Gasteiger charge is 2.35. The zero-order chi connectivity index (χ0) is 24.5. The molecule has 1 amide bonds. The number of carbonyl (C=O) groups excluding carboxylic acids is 2. The Bertz CT molecular complexity index is 967. The number of ether oxygens (including phenoxy) is 1. The van der Waals surface area contributed by atoms with Crippen molar-refractivity contribution in [2.24, 2.45) is 0 Å². The van der Waals surface area contributed by atoms with Gasteiger partial charge in [0, 0.05) is 12.5 Å². The number of halogens is 1. The van der Waals surface area contributed by atoms with Crippen LogP contribution in [-0.2, 0) is 25.5 Å². The van der Waals surface area contributed by atoms with Crippen LogP contribution in [0.2, 0.25) is 0 Å². The van der Waals surface area contributed by atoms with Crippen LogP contribution in [0.25, 0.3) is 0 Å². The van der Waals surface area contributed by atoms with Crippen molar-refractivity contribution in [2.45, 2.75) is 50.6 Å². The zero-order valence-corrected chi connectivity index (χ0v) is 19.3. The molecular weight excluding hydrogens is 439 g/mol. The lowest BCUT2D eigenvalue weighted by Crippen LogP contribution is -2.52. The van der Waals surface area contributed by atoms with Crippen LogP contribution in [0.1, 0.15) is 43.2 Å². The van der Waals surface area contributed by atoms with E-state index in [0.29, 0.717) is 25.7 Å². The molecule has 2 unspecified atom stereocenters. The number of aliphatic carboxylic acids is 1. The molecule has 0 spiro atoms. The van der Waals surface area contributed by atoms with E-state index in [1.54, 1.807) is 19.1 Å². The number of carbonyl (C=O) groups is 3. The largest absolute Gasteiger partial charge is 0.480 e. The first kappa shape index (κ1) is 25.4. The van der Waals surface area contributed by atoms with Crippen molar-refractivity contribution in [2.75, 3.05) is 19.7 Å². The molecule has 0 bridgehead atoms. The fourth-order valence-corrected chi connectivity index (χ4v) is 4.34. The quantitative estimate of drug-likeness (QED) is 0.518. The summed E-state index contributed by atoms with van der Waals surface area (Å²) in [7, 11) is 0. The van der Waals surface area contributed by atoms with E-state index in [4.69, 9.17) is 4.74 Å². The molecule has 1 aliphatic heterocycles. The molecule has 0 aromatic heterocycles. The number of carboxylic acid groups (broad SMARTS) is 1. The third-order valence-electron chi connectivity index (χ3n) is 6.06. The van der Waals surface area contributed by atoms with Crippen LogP contribution in [0, 0.1) is 5.82 Å². The maximum absolute atomic E-state index is 13.4. The Hall–Kier alpha value is -3.26. The fraction of sp³-hybridized carbons (Fsp3) is 0.423. The number of likely N-dealkylation sites (tertiary alicyclic amines) is 1. The summed E-state index contributed by atoms with van der Waals surface area (Å²) < 4.78 is 18.6. The van der Waals surface area contributed by atoms with Gasteiger partial charge in [0.15, 0.2) is 0 Å². The van der Waals surface area contributed by atoms with Crippen molar-refractivity contribution in [3.05, 3.63) is 71.5 Å². The van der Waals surface area contributed by atoms with Crippen LogP contribution in [0.4, 0.5) is 4.39 Å². The van der Waals surface area contributed by atoms with Gasteiger partial charge >= 0.3 is 11.9 Å². The maximum Gasteiger partial charge on any atom is 0.323 e. The minimum absolute atomic E-state index is 0.138. The summed E-state index contributed by atoms with van der Waals surface area (Å²) in [4.78, 5) is 38.7. The highest BCUT2D eigenvalue weighted by atomic mass is 19.1. The van der Waals surface area contributed by atoms with Gasteiger partial charge in [-0.25, -0.2) is 4.39 Å². The van der Waals surface area contributed by atoms with E-state index >= 15 is 0 Å². The van der Waals surface area contributed by atoms with Gasteiger partial charge in [-0.2, -0.15) is 0 Å². The normalized spacial score (nSPS) is 19.4. The van der Waals surface area contributed by atoms with Gasteiger partial charge in [0.25, 0.3) is 0 Å². The van der Waals surface area contributed by atoms with Crippen LogP contribution in [0.3, 0.4) is 0 Å². The van der Waals surface area contributed by atoms with Crippen LogP contribution in [0.5, 0.6) is 0 Å². The lowest BCUT2D eigenvalue weighted by atomic mass is 9.93. The van der Waals surface area contributed by atoms with Crippen LogP contribution < -0.4 is 5.32 Å². The van der Waals surface area contributed by atoms with Gasteiger partial charge in [-0.3, -0.25) is 19.7 Å². The van der Waals surface area contributed by atoms with E-state index in [1.807, 2.05) is 30.3 Å². The number of carboxylic acids is 1. The molecule has 7 nitrogen and oxygen atoms in total. The molecular formula is C26H31FN2O5. The number of benzene rings is 2. The predicted molar refractivity (Wildman–Crippen MR) is 125 cm³/mol. The molecule has 0 saturated carbocycles. The van der Waals surface area contributed by atoms with Gasteiger partial charge in [0.2, 0.25) is 5.91 Å². The van der Waals surface area contributed by atoms with Crippen LogP contribution in [0.15, 0.2) is 54.6 Å². The van der Waals surface area contributed by atoms with E-state index in [9.17, 15) is 23.9 Å². The second kappa shape index (κ2) is 12.3. The van der Waals surface area contributed by atoms with Gasteiger partial charge in [-0.15, -0.1) is 0 Å². The lowest BCUT2D eigenvalue weighted by Gasteiger charge is -2.27. The first-order valence-corrected chi connectivity index (χ1v) is 11.6. The molecule has 2 aromatic carbocycles. The number of hydrogen-bond acceptors (Lipinski definition) is 5. The molecule has 0 radical (unpaired) electrons. The number of hydrogen-bond donors (Lipinski definition) is 2. The summed E-state index contributed by atoms with van der Waals surface area (Å²) in [6.45, 7) is 1.72. The molecule has 1 saturated heterocycles. The monoisotopic (exact) mass is 470 g/mol. The average Bonchev–Trinajstić information content (AvgIpc) is 2.96. The Balaban J connectivity index is 1.78. The minimum Gasteiger partial charge on any atom is -0.480 e. The Morgan fingerprint density at radius 3 is 2.50 bits per heavy atom. The van der Waals surface area contributed by atoms with Crippen molar-refractivity contribution >= 4 is 17.8 Å². The van der Waals surface area contributed by atoms with Gasteiger partial charge < -0.3 is 14.7 Å². The Labute approximate surface area is 198 Å². The van der Waals surface area contributed by atoms with Crippen molar-refractivity contribution in [1.82, 2.24) is 10.2 Å². The van der Waals surface area contributed by atoms with Crippen molar-refractivity contribution in [3.63, 3.8) is 0 Å². The molecule has 8 heteroatoms. The fourth-order valence-electron chi connectivity index (χ4n) is 4.34. The van der Waals surface area contributed by atoms with Crippen LogP contribution in [-0.4, -0.2) is 59.6 Å². The second-order valence-corrected chi connectivity index (χ2v) is 8.49. The number of aryl methyl sites for hydroxylation is 1. The molecule has 0 aliphatic carbocycles. The van der Waals surface area contributed by atoms with E-state index in [-0.39, 0.29) is 30.8 Å². The van der Waals surface area contributed by atoms with Gasteiger partial charge in [0.05, 0.1) is 12.6 Å². The van der Waals surface area contributed by atoms with Gasteiger partial charge in [-0.05, 0) is 55.9 Å². The Morgan fingerprint density at radius 2 is 1.85 bits per heavy atom. The topological polar surface area (TPSA) is 95.9 Å². The van der Waals surface area contributed by atoms with Crippen molar-refractivity contribution < 1.29 is 28.6 Å². The number of amides is 1. The van der Waals surface area contributed by atoms with E-state index < -0.39 is 30.6 Å². The Morgan fingerprint density at radius 1 is 1.15 bits per heavy atom. The molecule has 2 aromatic rings. The maximum atomic E-state index is 13.4. The standard InChI is InChI=1S/C26H31FN2O5/c1-2-34-26(33)23(14-8-18-6-4-3-5-7-18)28-22-15-11-20(19-9-12-21(27)13-10-19)16-29(25(22)32)17-24(30)31/h3-7,9-10,12-13,20,22-23,28H,2,8,11,14-17H2,1H3,(H,30,31)/t20?,22?,23-/m1/s1. The highest BCUT2D eigenvalue weighted by molar-refractivity contribution is 5.86. The van der Waals surface area contributed by atoms with Gasteiger partial charge in [0.1, 0.15) is 18.4 Å². The highest BCUT2D eigenvalue weighted by Crippen LogP contribution is 2.28. The third kappa shape index (κ3) is 7.12. The molecule has 3 atom stereocenters. The summed E-state index contributed by atoms with van der Waals surface area (Å²) in [5, 5.41) is 12.5. The first-order valence-electron chi connectivity index (χ1n) is 11.6. The van der Waals surface area contributed by atoms with E-state index in [0.717, 1.165) is 11.1 Å². The van der Waals surface area contributed by atoms with Crippen LogP contribution >= 0.6 is 0 Å². The zero-order valence-electron chi connectivity index (χ0n) is 19.3. The summed E-state index contributed by atoms with van der Waals surface area (Å²) in [5.74, 6) is -2.40. The number of nitrogens with zero attached hydrogens (tertiary/aromatic N) is 1. The molecule has 1 aliphatic rings. The minimum atomic E-state index is -1.11. The molecule has 34 heavy (non-hydrogen) atoms. The lowest BCUT2D eigenvalue weighted by molar-refractivity contribution is -0.148. The SMILES string of the molecule is CCOC(=O)[C@@H](CCc1ccccc1)NC1CCC(c2ccc(F)cc2)CN(CC(=O)O)C1=O. The van der Waals surface area contributed by atoms with E-state index in [1.165, 1.54) is 17.0 Å². The summed E-state index contributed by atoms with van der Waals surface area (Å²) in [5.41, 5.74) is 1.91. The molecule has 1 fully saturated rings. The van der Waals surface area contributed by atoms with E-state index in [2.05, 4.69) is 5.32 Å². The molecule has 3 rings (SSSR count). The summed E-state index contributed by atoms with van der Waals surface area (Å²) in [6, 6.07) is 14.3. The Kier molecular flexibility index (Phi) is 9.16.